The second-order valence-corrected chi connectivity index (χ2v) is 6.83. The molecule has 0 aliphatic carbocycles. The number of H-pyrrole nitrogens is 1. The molecule has 0 spiro atoms. The van der Waals surface area contributed by atoms with Gasteiger partial charge in [0.05, 0.1) is 15.6 Å². The minimum Gasteiger partial charge on any atom is -0.397 e. The lowest BCUT2D eigenvalue weighted by Gasteiger charge is -2.09. The van der Waals surface area contributed by atoms with Gasteiger partial charge >= 0.3 is 0 Å². The van der Waals surface area contributed by atoms with Gasteiger partial charge in [-0.3, -0.25) is 0 Å². The number of hydrogen-bond acceptors (Lipinski definition) is 4. The van der Waals surface area contributed by atoms with Gasteiger partial charge in [0.2, 0.25) is 10.0 Å². The molecular weight excluding hydrogens is 312 g/mol. The highest BCUT2D eigenvalue weighted by atomic mass is 35.5. The van der Waals surface area contributed by atoms with Gasteiger partial charge in [-0.25, -0.2) is 18.1 Å². The van der Waals surface area contributed by atoms with E-state index >= 15 is 0 Å². The molecule has 0 amide bonds. The van der Waals surface area contributed by atoms with Crippen LogP contribution in [-0.2, 0) is 16.4 Å². The van der Waals surface area contributed by atoms with Crippen molar-refractivity contribution in [1.82, 2.24) is 14.7 Å². The molecule has 0 fully saturated rings. The summed E-state index contributed by atoms with van der Waals surface area (Å²) >= 11 is 5.93. The Labute approximate surface area is 128 Å². The molecule has 0 unspecified atom stereocenters. The van der Waals surface area contributed by atoms with Crippen LogP contribution in [-0.4, -0.2) is 24.9 Å². The number of imidazole rings is 1. The second kappa shape index (κ2) is 6.46. The van der Waals surface area contributed by atoms with E-state index in [1.807, 2.05) is 0 Å². The quantitative estimate of drug-likeness (QED) is 0.556. The smallest absolute Gasteiger partial charge is 0.240 e. The Morgan fingerprint density at radius 2 is 2.19 bits per heavy atom. The number of anilines is 1. The lowest BCUT2D eigenvalue weighted by Crippen LogP contribution is -2.25. The van der Waals surface area contributed by atoms with Gasteiger partial charge < -0.3 is 10.7 Å². The van der Waals surface area contributed by atoms with Crippen LogP contribution in [0.2, 0.25) is 5.02 Å². The number of aromatic nitrogens is 2. The normalized spacial score (nSPS) is 11.7. The highest BCUT2D eigenvalue weighted by Crippen LogP contribution is 2.26. The Morgan fingerprint density at radius 3 is 2.81 bits per heavy atom. The molecule has 1 heterocycles. The zero-order chi connectivity index (χ0) is 15.5. The van der Waals surface area contributed by atoms with Crippen molar-refractivity contribution < 1.29 is 8.42 Å². The van der Waals surface area contributed by atoms with Crippen molar-refractivity contribution in [3.63, 3.8) is 0 Å². The van der Waals surface area contributed by atoms with Crippen LogP contribution in [0.5, 0.6) is 0 Å². The molecule has 114 valence electrons. The van der Waals surface area contributed by atoms with Crippen LogP contribution in [0.25, 0.3) is 0 Å². The van der Waals surface area contributed by atoms with Crippen LogP contribution >= 0.6 is 11.6 Å². The van der Waals surface area contributed by atoms with Gasteiger partial charge in [0, 0.05) is 25.4 Å². The van der Waals surface area contributed by atoms with Gasteiger partial charge in [-0.15, -0.1) is 0 Å². The number of rotatable bonds is 6. The first-order valence-electron chi connectivity index (χ1n) is 6.43. The second-order valence-electron chi connectivity index (χ2n) is 4.68. The molecule has 0 aliphatic rings. The van der Waals surface area contributed by atoms with Gasteiger partial charge in [0.25, 0.3) is 0 Å². The van der Waals surface area contributed by atoms with Gasteiger partial charge in [0.1, 0.15) is 5.82 Å². The Hall–Kier alpha value is -1.57. The molecule has 0 radical (unpaired) electrons. The molecule has 21 heavy (non-hydrogen) atoms. The minimum absolute atomic E-state index is 0.125. The van der Waals surface area contributed by atoms with Crippen molar-refractivity contribution in [3.8, 4) is 0 Å². The largest absolute Gasteiger partial charge is 0.397 e. The zero-order valence-corrected chi connectivity index (χ0v) is 13.1. The van der Waals surface area contributed by atoms with Gasteiger partial charge in [0.15, 0.2) is 0 Å². The van der Waals surface area contributed by atoms with Crippen LogP contribution in [0, 0.1) is 6.92 Å². The average molecular weight is 329 g/mol. The van der Waals surface area contributed by atoms with Crippen molar-refractivity contribution >= 4 is 27.3 Å². The maximum atomic E-state index is 12.2. The molecule has 0 atom stereocenters. The van der Waals surface area contributed by atoms with Crippen molar-refractivity contribution in [2.75, 3.05) is 12.3 Å². The number of aromatic amines is 1. The standard InChI is InChI=1S/C13H17ClN4O2S/c1-9-7-10(8-11(15)13(9)14)21(19,20)18-4-2-3-12-16-5-6-17-12/h5-8,18H,2-4,15H2,1H3,(H,16,17). The summed E-state index contributed by atoms with van der Waals surface area (Å²) in [5, 5.41) is 0.381. The number of aryl methyl sites for hydroxylation is 2. The number of nitrogens with two attached hydrogens (primary N) is 1. The van der Waals surface area contributed by atoms with Gasteiger partial charge in [-0.05, 0) is 31.0 Å². The summed E-state index contributed by atoms with van der Waals surface area (Å²) in [4.78, 5) is 7.17. The number of nitrogens with one attached hydrogen (secondary N) is 2. The van der Waals surface area contributed by atoms with E-state index in [1.54, 1.807) is 19.3 Å². The Kier molecular flexibility index (Phi) is 4.87. The first kappa shape index (κ1) is 15.8. The van der Waals surface area contributed by atoms with E-state index in [1.165, 1.54) is 12.1 Å². The Bertz CT molecular complexity index is 691. The molecule has 1 aromatic heterocycles. The predicted molar refractivity (Wildman–Crippen MR) is 82.7 cm³/mol. The molecule has 6 nitrogen and oxygen atoms in total. The maximum absolute atomic E-state index is 12.2. The van der Waals surface area contributed by atoms with Gasteiger partial charge in [-0.2, -0.15) is 0 Å². The molecular formula is C13H17ClN4O2S. The molecule has 2 aromatic rings. The average Bonchev–Trinajstić information content (AvgIpc) is 2.93. The monoisotopic (exact) mass is 328 g/mol. The highest BCUT2D eigenvalue weighted by Gasteiger charge is 2.16. The zero-order valence-electron chi connectivity index (χ0n) is 11.6. The topological polar surface area (TPSA) is 101 Å². The van der Waals surface area contributed by atoms with Crippen molar-refractivity contribution in [2.45, 2.75) is 24.7 Å². The lowest BCUT2D eigenvalue weighted by atomic mass is 10.2. The van der Waals surface area contributed by atoms with Crippen molar-refractivity contribution in [3.05, 3.63) is 40.9 Å². The fourth-order valence-corrected chi connectivity index (χ4v) is 3.20. The molecule has 0 saturated heterocycles. The summed E-state index contributed by atoms with van der Waals surface area (Å²) in [5.74, 6) is 0.834. The molecule has 4 N–H and O–H groups in total. The van der Waals surface area contributed by atoms with E-state index in [2.05, 4.69) is 14.7 Å². The van der Waals surface area contributed by atoms with E-state index in [4.69, 9.17) is 17.3 Å². The predicted octanol–water partition coefficient (Wildman–Crippen LogP) is 1.86. The first-order chi connectivity index (χ1) is 9.90. The van der Waals surface area contributed by atoms with Crippen molar-refractivity contribution in [2.24, 2.45) is 0 Å². The molecule has 8 heteroatoms. The summed E-state index contributed by atoms with van der Waals surface area (Å²) in [5.41, 5.74) is 6.59. The van der Waals surface area contributed by atoms with Crippen molar-refractivity contribution in [1.29, 1.82) is 0 Å². The Balaban J connectivity index is 1.98. The summed E-state index contributed by atoms with van der Waals surface area (Å²) in [7, 11) is -3.58. The third-order valence-corrected chi connectivity index (χ3v) is 4.96. The van der Waals surface area contributed by atoms with Crippen LogP contribution in [0.3, 0.4) is 0 Å². The van der Waals surface area contributed by atoms with Crippen LogP contribution in [0.15, 0.2) is 29.4 Å². The van der Waals surface area contributed by atoms with Gasteiger partial charge in [-0.1, -0.05) is 11.6 Å². The maximum Gasteiger partial charge on any atom is 0.240 e. The fourth-order valence-electron chi connectivity index (χ4n) is 1.90. The molecule has 0 bridgehead atoms. The van der Waals surface area contributed by atoms with E-state index < -0.39 is 10.0 Å². The number of hydrogen-bond donors (Lipinski definition) is 3. The summed E-state index contributed by atoms with van der Waals surface area (Å²) < 4.78 is 26.9. The summed E-state index contributed by atoms with van der Waals surface area (Å²) in [6.45, 7) is 2.04. The number of halogens is 1. The SMILES string of the molecule is Cc1cc(S(=O)(=O)NCCCc2ncc[nH]2)cc(N)c1Cl. The van der Waals surface area contributed by atoms with E-state index in [0.29, 0.717) is 30.0 Å². The third-order valence-electron chi connectivity index (χ3n) is 3.00. The van der Waals surface area contributed by atoms with Crippen LogP contribution in [0.1, 0.15) is 17.8 Å². The lowest BCUT2D eigenvalue weighted by molar-refractivity contribution is 0.578. The summed E-state index contributed by atoms with van der Waals surface area (Å²) in [6.07, 6.45) is 4.73. The van der Waals surface area contributed by atoms with Crippen LogP contribution in [0.4, 0.5) is 5.69 Å². The van der Waals surface area contributed by atoms with Crippen LogP contribution < -0.4 is 10.5 Å². The Morgan fingerprint density at radius 1 is 1.43 bits per heavy atom. The highest BCUT2D eigenvalue weighted by molar-refractivity contribution is 7.89. The molecule has 2 rings (SSSR count). The molecule has 1 aromatic carbocycles. The number of nitrogens with zero attached hydrogens (tertiary/aromatic N) is 1. The molecule has 0 saturated carbocycles. The molecule has 0 aliphatic heterocycles. The number of nitrogen functional groups attached to an aromatic ring is 1. The third kappa shape index (κ3) is 3.96. The van der Waals surface area contributed by atoms with E-state index in [-0.39, 0.29) is 10.6 Å². The van der Waals surface area contributed by atoms with E-state index in [9.17, 15) is 8.42 Å². The minimum atomic E-state index is -3.58. The number of benzene rings is 1. The fraction of sp³-hybridized carbons (Fsp3) is 0.308. The van der Waals surface area contributed by atoms with E-state index in [0.717, 1.165) is 5.82 Å². The first-order valence-corrected chi connectivity index (χ1v) is 8.30. The number of sulfonamides is 1. The summed E-state index contributed by atoms with van der Waals surface area (Å²) in [6, 6.07) is 2.87.